The average molecular weight is 381 g/mol. The van der Waals surface area contributed by atoms with Crippen molar-refractivity contribution in [3.8, 4) is 17.4 Å². The number of nitrogens with one attached hydrogen (secondary N) is 1. The predicted molar refractivity (Wildman–Crippen MR) is 86.8 cm³/mol. The highest BCUT2D eigenvalue weighted by Gasteiger charge is 2.35. The van der Waals surface area contributed by atoms with Gasteiger partial charge in [0, 0.05) is 17.8 Å². The highest BCUT2D eigenvalue weighted by Crippen LogP contribution is 2.34. The van der Waals surface area contributed by atoms with E-state index in [0.717, 1.165) is 6.07 Å². The zero-order valence-corrected chi connectivity index (χ0v) is 13.8. The van der Waals surface area contributed by atoms with Crippen molar-refractivity contribution in [1.82, 2.24) is 9.88 Å². The molecule has 4 rings (SSSR count). The van der Waals surface area contributed by atoms with E-state index in [-0.39, 0.29) is 31.8 Å². The summed E-state index contributed by atoms with van der Waals surface area (Å²) in [5.41, 5.74) is -0.468. The highest BCUT2D eigenvalue weighted by molar-refractivity contribution is 5.90. The Kier molecular flexibility index (Phi) is 4.17. The quantitative estimate of drug-likeness (QED) is 0.885. The molecule has 27 heavy (non-hydrogen) atoms. The molecule has 7 nitrogen and oxygen atoms in total. The van der Waals surface area contributed by atoms with Crippen LogP contribution in [0.15, 0.2) is 36.4 Å². The molecule has 142 valence electrons. The number of nitrogens with zero attached hydrogens (tertiary/aromatic N) is 2. The Morgan fingerprint density at radius 1 is 1.19 bits per heavy atom. The molecule has 0 saturated carbocycles. The maximum Gasteiger partial charge on any atom is 0.433 e. The van der Waals surface area contributed by atoms with Crippen LogP contribution < -0.4 is 19.5 Å². The largest absolute Gasteiger partial charge is 0.471 e. The number of hydrogen-bond donors (Lipinski definition) is 1. The van der Waals surface area contributed by atoms with Crippen LogP contribution in [0.5, 0.6) is 17.4 Å². The Labute approximate surface area is 151 Å². The first-order valence-electron chi connectivity index (χ1n) is 8.05. The number of anilines is 1. The fraction of sp³-hybridized carbons (Fsp3) is 0.294. The third-order valence-electron chi connectivity index (χ3n) is 4.06. The van der Waals surface area contributed by atoms with Gasteiger partial charge in [-0.3, -0.25) is 0 Å². The Balaban J connectivity index is 1.30. The minimum absolute atomic E-state index is 0.120. The van der Waals surface area contributed by atoms with Gasteiger partial charge in [-0.15, -0.1) is 0 Å². The maximum atomic E-state index is 12.7. The summed E-state index contributed by atoms with van der Waals surface area (Å²) in [5, 5.41) is 2.72. The van der Waals surface area contributed by atoms with E-state index in [1.165, 1.54) is 17.0 Å². The van der Waals surface area contributed by atoms with Crippen LogP contribution in [-0.2, 0) is 6.18 Å². The van der Waals surface area contributed by atoms with E-state index < -0.39 is 18.0 Å². The van der Waals surface area contributed by atoms with Crippen LogP contribution in [0.2, 0.25) is 0 Å². The molecule has 1 aromatic carbocycles. The Bertz CT molecular complexity index is 869. The molecule has 2 aliphatic rings. The number of likely N-dealkylation sites (tertiary alicyclic amines) is 1. The van der Waals surface area contributed by atoms with E-state index in [1.54, 1.807) is 18.2 Å². The topological polar surface area (TPSA) is 72.9 Å². The van der Waals surface area contributed by atoms with Crippen LogP contribution >= 0.6 is 0 Å². The molecule has 2 amide bonds. The van der Waals surface area contributed by atoms with Gasteiger partial charge in [0.05, 0.1) is 13.1 Å². The summed E-state index contributed by atoms with van der Waals surface area (Å²) in [6, 6.07) is 8.15. The molecule has 2 aliphatic heterocycles. The van der Waals surface area contributed by atoms with Gasteiger partial charge in [-0.05, 0) is 18.2 Å². The van der Waals surface area contributed by atoms with Gasteiger partial charge in [0.25, 0.3) is 0 Å². The van der Waals surface area contributed by atoms with Crippen molar-refractivity contribution in [3.05, 3.63) is 42.1 Å². The van der Waals surface area contributed by atoms with Gasteiger partial charge in [0.15, 0.2) is 11.5 Å². The van der Waals surface area contributed by atoms with E-state index >= 15 is 0 Å². The molecule has 0 radical (unpaired) electrons. The highest BCUT2D eigenvalue weighted by atomic mass is 19.4. The van der Waals surface area contributed by atoms with Crippen LogP contribution in [0.1, 0.15) is 5.69 Å². The third-order valence-corrected chi connectivity index (χ3v) is 4.06. The molecule has 1 saturated heterocycles. The van der Waals surface area contributed by atoms with E-state index in [2.05, 4.69) is 10.3 Å². The van der Waals surface area contributed by atoms with Crippen molar-refractivity contribution >= 4 is 11.7 Å². The number of pyridine rings is 1. The van der Waals surface area contributed by atoms with E-state index in [0.29, 0.717) is 17.2 Å². The maximum absolute atomic E-state index is 12.7. The fourth-order valence-corrected chi connectivity index (χ4v) is 2.66. The SMILES string of the molecule is O=C(Nc1ccc2c(c1)OCO2)N1CC(Oc2cccc(C(F)(F)F)n2)C1. The van der Waals surface area contributed by atoms with E-state index in [9.17, 15) is 18.0 Å². The molecule has 0 atom stereocenters. The number of halogens is 3. The van der Waals surface area contributed by atoms with Gasteiger partial charge in [-0.2, -0.15) is 13.2 Å². The Morgan fingerprint density at radius 3 is 2.74 bits per heavy atom. The standard InChI is InChI=1S/C17H14F3N3O4/c18-17(19,20)14-2-1-3-15(22-14)27-11-7-23(8-11)16(24)21-10-4-5-12-13(6-10)26-9-25-12/h1-6,11H,7-9H2,(H,21,24). The van der Waals surface area contributed by atoms with Gasteiger partial charge in [-0.25, -0.2) is 9.78 Å². The van der Waals surface area contributed by atoms with Gasteiger partial charge in [0.2, 0.25) is 12.7 Å². The lowest BCUT2D eigenvalue weighted by Gasteiger charge is -2.38. The van der Waals surface area contributed by atoms with Crippen molar-refractivity contribution in [2.75, 3.05) is 25.2 Å². The van der Waals surface area contributed by atoms with Crippen molar-refractivity contribution < 1.29 is 32.2 Å². The second kappa shape index (κ2) is 6.53. The molecule has 2 aromatic rings. The van der Waals surface area contributed by atoms with Crippen molar-refractivity contribution in [2.45, 2.75) is 12.3 Å². The number of hydrogen-bond acceptors (Lipinski definition) is 5. The monoisotopic (exact) mass is 381 g/mol. The van der Waals surface area contributed by atoms with E-state index in [4.69, 9.17) is 14.2 Å². The lowest BCUT2D eigenvalue weighted by atomic mass is 10.2. The molecule has 10 heteroatoms. The summed E-state index contributed by atoms with van der Waals surface area (Å²) in [4.78, 5) is 17.1. The number of ether oxygens (including phenoxy) is 3. The third kappa shape index (κ3) is 3.69. The number of benzene rings is 1. The number of carbonyl (C=O) groups excluding carboxylic acids is 1. The van der Waals surface area contributed by atoms with Gasteiger partial charge < -0.3 is 24.4 Å². The molecule has 1 fully saturated rings. The van der Waals surface area contributed by atoms with Crippen LogP contribution in [0.25, 0.3) is 0 Å². The molecule has 3 heterocycles. The summed E-state index contributed by atoms with van der Waals surface area (Å²) < 4.78 is 53.8. The number of alkyl halides is 3. The molecule has 0 aliphatic carbocycles. The molecule has 0 unspecified atom stereocenters. The number of amides is 2. The zero-order chi connectivity index (χ0) is 19.0. The number of rotatable bonds is 3. The molecule has 1 aromatic heterocycles. The first-order valence-corrected chi connectivity index (χ1v) is 8.05. The van der Waals surface area contributed by atoms with Crippen molar-refractivity contribution in [2.24, 2.45) is 0 Å². The van der Waals surface area contributed by atoms with Gasteiger partial charge in [-0.1, -0.05) is 6.07 Å². The second-order valence-corrected chi connectivity index (χ2v) is 6.00. The van der Waals surface area contributed by atoms with Gasteiger partial charge >= 0.3 is 12.2 Å². The van der Waals surface area contributed by atoms with E-state index in [1.807, 2.05) is 0 Å². The average Bonchev–Trinajstić information content (AvgIpc) is 3.05. The summed E-state index contributed by atoms with van der Waals surface area (Å²) in [5.74, 6) is 1.04. The molecular weight excluding hydrogens is 367 g/mol. The first kappa shape index (κ1) is 17.3. The van der Waals surface area contributed by atoms with Crippen molar-refractivity contribution in [1.29, 1.82) is 0 Å². The Morgan fingerprint density at radius 2 is 1.96 bits per heavy atom. The Hall–Kier alpha value is -3.17. The lowest BCUT2D eigenvalue weighted by Crippen LogP contribution is -2.57. The first-order chi connectivity index (χ1) is 12.9. The molecule has 0 spiro atoms. The van der Waals surface area contributed by atoms with Crippen LogP contribution in [0.3, 0.4) is 0 Å². The van der Waals surface area contributed by atoms with Crippen LogP contribution in [-0.4, -0.2) is 41.9 Å². The minimum atomic E-state index is -4.53. The van der Waals surface area contributed by atoms with Crippen LogP contribution in [0, 0.1) is 0 Å². The summed E-state index contributed by atoms with van der Waals surface area (Å²) in [6.45, 7) is 0.629. The summed E-state index contributed by atoms with van der Waals surface area (Å²) >= 11 is 0. The molecule has 1 N–H and O–H groups in total. The zero-order valence-electron chi connectivity index (χ0n) is 13.8. The van der Waals surface area contributed by atoms with Gasteiger partial charge in [0.1, 0.15) is 11.8 Å². The number of carbonyl (C=O) groups is 1. The molecule has 0 bridgehead atoms. The lowest BCUT2D eigenvalue weighted by molar-refractivity contribution is -0.141. The smallest absolute Gasteiger partial charge is 0.433 e. The summed E-state index contributed by atoms with van der Waals surface area (Å²) in [6.07, 6.45) is -4.95. The predicted octanol–water partition coefficient (Wildman–Crippen LogP) is 3.12. The molecular formula is C17H14F3N3O4. The van der Waals surface area contributed by atoms with Crippen LogP contribution in [0.4, 0.5) is 23.7 Å². The second-order valence-electron chi connectivity index (χ2n) is 6.00. The van der Waals surface area contributed by atoms with Crippen molar-refractivity contribution in [3.63, 3.8) is 0 Å². The number of fused-ring (bicyclic) bond motifs is 1. The number of aromatic nitrogens is 1. The fourth-order valence-electron chi connectivity index (χ4n) is 2.66. The normalized spacial score (nSPS) is 16.0. The minimum Gasteiger partial charge on any atom is -0.471 e. The summed E-state index contributed by atoms with van der Waals surface area (Å²) in [7, 11) is 0. The number of urea groups is 1.